The van der Waals surface area contributed by atoms with Crippen molar-refractivity contribution in [2.24, 2.45) is 0 Å². The summed E-state index contributed by atoms with van der Waals surface area (Å²) >= 11 is 7.03. The Hall–Kier alpha value is -1.34. The fourth-order valence-corrected chi connectivity index (χ4v) is 2.53. The van der Waals surface area contributed by atoms with Crippen LogP contribution in [-0.2, 0) is 6.42 Å². The van der Waals surface area contributed by atoms with E-state index in [1.165, 1.54) is 11.3 Å². The molecule has 0 atom stereocenters. The summed E-state index contributed by atoms with van der Waals surface area (Å²) < 4.78 is 52.7. The number of aromatic nitrogens is 1. The van der Waals surface area contributed by atoms with E-state index in [-0.39, 0.29) is 6.54 Å². The molecule has 2 heterocycles. The average Bonchev–Trinajstić information content (AvgIpc) is 2.77. The van der Waals surface area contributed by atoms with Gasteiger partial charge in [-0.25, -0.2) is 0 Å². The van der Waals surface area contributed by atoms with Crippen LogP contribution in [0.25, 0.3) is 0 Å². The van der Waals surface area contributed by atoms with Gasteiger partial charge in [0.25, 0.3) is 11.9 Å². The Bertz CT molecular complexity index is 576. The summed E-state index contributed by atoms with van der Waals surface area (Å²) in [5.41, 5.74) is -0.854. The number of nitrogens with one attached hydrogen (secondary N) is 1. The second-order valence-corrected chi connectivity index (χ2v) is 5.38. The summed E-state index contributed by atoms with van der Waals surface area (Å²) in [7, 11) is 0. The molecule has 0 amide bonds. The monoisotopic (exact) mass is 310 g/mol. The lowest BCUT2D eigenvalue weighted by Crippen LogP contribution is -2.11. The number of thiophene rings is 1. The van der Waals surface area contributed by atoms with E-state index in [1.807, 2.05) is 0 Å². The Morgan fingerprint density at radius 2 is 1.74 bits per heavy atom. The van der Waals surface area contributed by atoms with Gasteiger partial charge in [0.05, 0.1) is 4.34 Å². The molecule has 2 nitrogen and oxygen atoms in total. The van der Waals surface area contributed by atoms with E-state index in [0.717, 1.165) is 4.88 Å². The minimum Gasteiger partial charge on any atom is -0.380 e. The number of halogens is 5. The van der Waals surface area contributed by atoms with E-state index < -0.39 is 29.2 Å². The Labute approximate surface area is 115 Å². The summed E-state index contributed by atoms with van der Waals surface area (Å²) in [4.78, 5) is 3.35. The molecule has 0 radical (unpaired) electrons. The molecule has 0 aliphatic carbocycles. The van der Waals surface area contributed by atoms with Crippen LogP contribution in [0.4, 0.5) is 23.2 Å². The zero-order valence-corrected chi connectivity index (χ0v) is 10.9. The third kappa shape index (κ3) is 3.16. The maximum Gasteiger partial charge on any atom is 0.253 e. The fraction of sp³-hybridized carbons (Fsp3) is 0.182. The zero-order chi connectivity index (χ0) is 14.0. The van der Waals surface area contributed by atoms with Crippen molar-refractivity contribution in [2.45, 2.75) is 6.42 Å². The van der Waals surface area contributed by atoms with Gasteiger partial charge in [0.15, 0.2) is 0 Å². The fourth-order valence-electron chi connectivity index (χ4n) is 1.44. The lowest BCUT2D eigenvalue weighted by Gasteiger charge is -2.08. The molecule has 0 spiro atoms. The minimum atomic E-state index is -1.68. The Morgan fingerprint density at radius 1 is 1.11 bits per heavy atom. The van der Waals surface area contributed by atoms with Gasteiger partial charge in [-0.05, 0) is 18.6 Å². The molecule has 0 aromatic carbocycles. The summed E-state index contributed by atoms with van der Waals surface area (Å²) in [5, 5.41) is 2.31. The Kier molecular flexibility index (Phi) is 4.26. The molecule has 0 aliphatic heterocycles. The van der Waals surface area contributed by atoms with Gasteiger partial charge in [-0.2, -0.15) is 22.5 Å². The van der Waals surface area contributed by atoms with Gasteiger partial charge in [0.1, 0.15) is 5.69 Å². The van der Waals surface area contributed by atoms with E-state index in [2.05, 4.69) is 10.3 Å². The van der Waals surface area contributed by atoms with Crippen LogP contribution in [0.2, 0.25) is 4.34 Å². The lowest BCUT2D eigenvalue weighted by molar-refractivity contribution is 0.410. The van der Waals surface area contributed by atoms with E-state index >= 15 is 0 Å². The topological polar surface area (TPSA) is 24.9 Å². The molecule has 19 heavy (non-hydrogen) atoms. The number of anilines is 1. The first kappa shape index (κ1) is 14.1. The minimum absolute atomic E-state index is 0.105. The molecule has 2 aromatic heterocycles. The highest BCUT2D eigenvalue weighted by Crippen LogP contribution is 2.24. The third-order valence-corrected chi connectivity index (χ3v) is 3.59. The summed E-state index contributed by atoms with van der Waals surface area (Å²) in [6.45, 7) is 0.105. The zero-order valence-electron chi connectivity index (χ0n) is 9.31. The smallest absolute Gasteiger partial charge is 0.253 e. The van der Waals surface area contributed by atoms with Gasteiger partial charge in [0.2, 0.25) is 11.6 Å². The van der Waals surface area contributed by atoms with Crippen LogP contribution in [0.1, 0.15) is 4.88 Å². The number of hydrogen-bond donors (Lipinski definition) is 1. The molecule has 0 aliphatic rings. The first-order valence-corrected chi connectivity index (χ1v) is 6.36. The molecule has 2 rings (SSSR count). The maximum absolute atomic E-state index is 13.2. The SMILES string of the molecule is Fc1nc(F)c(F)c(NCCc2ccc(Cl)s2)c1F. The van der Waals surface area contributed by atoms with Crippen LogP contribution in [0.3, 0.4) is 0 Å². The molecule has 0 saturated carbocycles. The van der Waals surface area contributed by atoms with Crippen molar-refractivity contribution in [2.75, 3.05) is 11.9 Å². The van der Waals surface area contributed by atoms with Crippen LogP contribution in [0, 0.1) is 23.5 Å². The number of pyridine rings is 1. The standard InChI is InChI=1S/C11H7ClF4N2S/c12-6-2-1-5(19-6)3-4-17-9-7(13)10(15)18-11(16)8(9)14/h1-2H,3-4H2,(H,17,18). The summed E-state index contributed by atoms with van der Waals surface area (Å²) in [5.74, 6) is -6.44. The summed E-state index contributed by atoms with van der Waals surface area (Å²) in [6.07, 6.45) is 0.418. The van der Waals surface area contributed by atoms with Crippen LogP contribution in [0.15, 0.2) is 12.1 Å². The van der Waals surface area contributed by atoms with E-state index in [4.69, 9.17) is 11.6 Å². The average molecular weight is 311 g/mol. The van der Waals surface area contributed by atoms with Crippen LogP contribution in [-0.4, -0.2) is 11.5 Å². The molecule has 1 N–H and O–H groups in total. The van der Waals surface area contributed by atoms with Gasteiger partial charge in [-0.15, -0.1) is 11.3 Å². The molecule has 2 aromatic rings. The van der Waals surface area contributed by atoms with E-state index in [9.17, 15) is 17.6 Å². The quantitative estimate of drug-likeness (QED) is 0.682. The van der Waals surface area contributed by atoms with Crippen LogP contribution < -0.4 is 5.32 Å². The van der Waals surface area contributed by atoms with Crippen molar-refractivity contribution in [3.8, 4) is 0 Å². The maximum atomic E-state index is 13.2. The van der Waals surface area contributed by atoms with E-state index in [1.54, 1.807) is 12.1 Å². The normalized spacial score (nSPS) is 10.8. The molecular formula is C11H7ClF4N2S. The van der Waals surface area contributed by atoms with Gasteiger partial charge >= 0.3 is 0 Å². The van der Waals surface area contributed by atoms with Crippen LogP contribution >= 0.6 is 22.9 Å². The van der Waals surface area contributed by atoms with Gasteiger partial charge < -0.3 is 5.32 Å². The molecule has 0 unspecified atom stereocenters. The van der Waals surface area contributed by atoms with E-state index in [0.29, 0.717) is 10.8 Å². The highest BCUT2D eigenvalue weighted by Gasteiger charge is 2.20. The predicted octanol–water partition coefficient (Wildman–Crippen LogP) is 4.01. The highest BCUT2D eigenvalue weighted by atomic mass is 35.5. The van der Waals surface area contributed by atoms with Crippen molar-refractivity contribution in [3.05, 3.63) is 44.9 Å². The number of hydrogen-bond acceptors (Lipinski definition) is 3. The van der Waals surface area contributed by atoms with Crippen molar-refractivity contribution < 1.29 is 17.6 Å². The molecular weight excluding hydrogens is 304 g/mol. The Morgan fingerprint density at radius 3 is 2.26 bits per heavy atom. The third-order valence-electron chi connectivity index (χ3n) is 2.30. The highest BCUT2D eigenvalue weighted by molar-refractivity contribution is 7.16. The predicted molar refractivity (Wildman–Crippen MR) is 65.6 cm³/mol. The molecule has 0 saturated heterocycles. The first-order valence-electron chi connectivity index (χ1n) is 5.17. The van der Waals surface area contributed by atoms with Gasteiger partial charge in [0, 0.05) is 11.4 Å². The first-order chi connectivity index (χ1) is 8.99. The van der Waals surface area contributed by atoms with Crippen LogP contribution in [0.5, 0.6) is 0 Å². The van der Waals surface area contributed by atoms with Crippen molar-refractivity contribution >= 4 is 28.6 Å². The van der Waals surface area contributed by atoms with Crippen molar-refractivity contribution in [1.82, 2.24) is 4.98 Å². The Balaban J connectivity index is 2.07. The molecule has 0 bridgehead atoms. The molecule has 0 fully saturated rings. The van der Waals surface area contributed by atoms with Gasteiger partial charge in [-0.3, -0.25) is 0 Å². The lowest BCUT2D eigenvalue weighted by atomic mass is 10.3. The number of rotatable bonds is 4. The van der Waals surface area contributed by atoms with Crippen molar-refractivity contribution in [1.29, 1.82) is 0 Å². The number of nitrogens with zero attached hydrogens (tertiary/aromatic N) is 1. The summed E-state index contributed by atoms with van der Waals surface area (Å²) in [6, 6.07) is 3.45. The molecule has 8 heteroatoms. The largest absolute Gasteiger partial charge is 0.380 e. The van der Waals surface area contributed by atoms with Crippen molar-refractivity contribution in [3.63, 3.8) is 0 Å². The second kappa shape index (κ2) is 5.75. The second-order valence-electron chi connectivity index (χ2n) is 3.58. The van der Waals surface area contributed by atoms with Gasteiger partial charge in [-0.1, -0.05) is 11.6 Å². The molecule has 102 valence electrons.